The van der Waals surface area contributed by atoms with Crippen LogP contribution in [0.25, 0.3) is 0 Å². The van der Waals surface area contributed by atoms with Crippen molar-refractivity contribution in [3.05, 3.63) is 30.3 Å². The van der Waals surface area contributed by atoms with Gasteiger partial charge in [-0.1, -0.05) is 32.0 Å². The Balaban J connectivity index is 2.69. The van der Waals surface area contributed by atoms with Crippen LogP contribution in [0.5, 0.6) is 0 Å². The van der Waals surface area contributed by atoms with Gasteiger partial charge < -0.3 is 14.9 Å². The standard InChI is InChI=1S/C17H30N2O/c1-5-13-18(4)14-12-15(3)19(17(20)6-2)16-10-8-7-9-11-16/h7-11,15,17,20H,5-6,12-14H2,1-4H3. The molecule has 20 heavy (non-hydrogen) atoms. The maximum atomic E-state index is 10.3. The molecule has 1 aromatic rings. The Hall–Kier alpha value is -1.06. The van der Waals surface area contributed by atoms with Crippen molar-refractivity contribution >= 4 is 5.69 Å². The molecule has 2 unspecified atom stereocenters. The summed E-state index contributed by atoms with van der Waals surface area (Å²) >= 11 is 0. The van der Waals surface area contributed by atoms with Crippen molar-refractivity contribution in [2.45, 2.75) is 52.3 Å². The lowest BCUT2D eigenvalue weighted by molar-refractivity contribution is 0.151. The smallest absolute Gasteiger partial charge is 0.126 e. The van der Waals surface area contributed by atoms with Crippen molar-refractivity contribution in [2.24, 2.45) is 0 Å². The Morgan fingerprint density at radius 2 is 1.75 bits per heavy atom. The van der Waals surface area contributed by atoms with Gasteiger partial charge in [0.2, 0.25) is 0 Å². The fourth-order valence-corrected chi connectivity index (χ4v) is 2.56. The van der Waals surface area contributed by atoms with Crippen LogP contribution in [0.3, 0.4) is 0 Å². The van der Waals surface area contributed by atoms with E-state index in [1.807, 2.05) is 25.1 Å². The maximum Gasteiger partial charge on any atom is 0.126 e. The fraction of sp³-hybridized carbons (Fsp3) is 0.647. The van der Waals surface area contributed by atoms with Crippen molar-refractivity contribution in [3.8, 4) is 0 Å². The highest BCUT2D eigenvalue weighted by Crippen LogP contribution is 2.21. The summed E-state index contributed by atoms with van der Waals surface area (Å²) < 4.78 is 0. The average molecular weight is 278 g/mol. The molecule has 0 spiro atoms. The second-order valence-corrected chi connectivity index (χ2v) is 5.57. The number of rotatable bonds is 9. The molecule has 0 saturated heterocycles. The van der Waals surface area contributed by atoms with E-state index in [4.69, 9.17) is 0 Å². The van der Waals surface area contributed by atoms with E-state index in [9.17, 15) is 5.11 Å². The molecule has 2 atom stereocenters. The lowest BCUT2D eigenvalue weighted by atomic mass is 10.1. The third-order valence-corrected chi connectivity index (χ3v) is 3.75. The molecule has 114 valence electrons. The summed E-state index contributed by atoms with van der Waals surface area (Å²) in [5, 5.41) is 10.3. The van der Waals surface area contributed by atoms with Gasteiger partial charge in [-0.25, -0.2) is 0 Å². The van der Waals surface area contributed by atoms with E-state index >= 15 is 0 Å². The summed E-state index contributed by atoms with van der Waals surface area (Å²) in [6.07, 6.45) is 2.57. The lowest BCUT2D eigenvalue weighted by Gasteiger charge is -2.36. The van der Waals surface area contributed by atoms with Gasteiger partial charge in [-0.3, -0.25) is 0 Å². The first kappa shape index (κ1) is 17.0. The molecule has 0 amide bonds. The Morgan fingerprint density at radius 3 is 2.30 bits per heavy atom. The molecule has 0 aromatic heterocycles. The van der Waals surface area contributed by atoms with Crippen molar-refractivity contribution in [1.82, 2.24) is 4.90 Å². The molecule has 0 saturated carbocycles. The number of benzene rings is 1. The van der Waals surface area contributed by atoms with Crippen molar-refractivity contribution in [2.75, 3.05) is 25.0 Å². The molecule has 1 aromatic carbocycles. The SMILES string of the molecule is CCCN(C)CCC(C)N(c1ccccc1)C(O)CC. The molecule has 1 rings (SSSR count). The summed E-state index contributed by atoms with van der Waals surface area (Å²) in [6, 6.07) is 10.5. The van der Waals surface area contributed by atoms with Gasteiger partial charge in [-0.05, 0) is 58.5 Å². The Labute approximate surface area is 124 Å². The van der Waals surface area contributed by atoms with Gasteiger partial charge >= 0.3 is 0 Å². The third-order valence-electron chi connectivity index (χ3n) is 3.75. The highest BCUT2D eigenvalue weighted by Gasteiger charge is 2.20. The molecule has 0 heterocycles. The number of anilines is 1. The number of para-hydroxylation sites is 1. The van der Waals surface area contributed by atoms with Gasteiger partial charge in [0.25, 0.3) is 0 Å². The molecule has 3 heteroatoms. The summed E-state index contributed by atoms with van der Waals surface area (Å²) in [5.41, 5.74) is 1.10. The zero-order chi connectivity index (χ0) is 15.0. The summed E-state index contributed by atoms with van der Waals surface area (Å²) in [6.45, 7) is 8.63. The van der Waals surface area contributed by atoms with Crippen LogP contribution in [-0.4, -0.2) is 42.4 Å². The topological polar surface area (TPSA) is 26.7 Å². The van der Waals surface area contributed by atoms with Crippen LogP contribution in [0.2, 0.25) is 0 Å². The van der Waals surface area contributed by atoms with Crippen LogP contribution in [0.15, 0.2) is 30.3 Å². The first-order valence-electron chi connectivity index (χ1n) is 7.80. The minimum atomic E-state index is -0.413. The van der Waals surface area contributed by atoms with E-state index in [2.05, 4.69) is 42.8 Å². The predicted molar refractivity (Wildman–Crippen MR) is 87.1 cm³/mol. The molecule has 0 radical (unpaired) electrons. The molecule has 0 aliphatic carbocycles. The highest BCUT2D eigenvalue weighted by atomic mass is 16.3. The Bertz CT molecular complexity index is 355. The molecular weight excluding hydrogens is 248 g/mol. The largest absolute Gasteiger partial charge is 0.374 e. The van der Waals surface area contributed by atoms with Gasteiger partial charge in [0.1, 0.15) is 6.23 Å². The van der Waals surface area contributed by atoms with E-state index in [1.54, 1.807) is 0 Å². The van der Waals surface area contributed by atoms with Crippen LogP contribution in [0.1, 0.15) is 40.0 Å². The van der Waals surface area contributed by atoms with Crippen molar-refractivity contribution in [3.63, 3.8) is 0 Å². The fourth-order valence-electron chi connectivity index (χ4n) is 2.56. The molecule has 0 bridgehead atoms. The second-order valence-electron chi connectivity index (χ2n) is 5.57. The van der Waals surface area contributed by atoms with Gasteiger partial charge in [0.15, 0.2) is 0 Å². The van der Waals surface area contributed by atoms with E-state index < -0.39 is 6.23 Å². The quantitative estimate of drug-likeness (QED) is 0.702. The number of hydrogen-bond acceptors (Lipinski definition) is 3. The van der Waals surface area contributed by atoms with Crippen LogP contribution in [-0.2, 0) is 0 Å². The van der Waals surface area contributed by atoms with Gasteiger partial charge in [-0.15, -0.1) is 0 Å². The Morgan fingerprint density at radius 1 is 1.10 bits per heavy atom. The monoisotopic (exact) mass is 278 g/mol. The Kier molecular flexibility index (Phi) is 7.63. The van der Waals surface area contributed by atoms with Crippen LogP contribution >= 0.6 is 0 Å². The van der Waals surface area contributed by atoms with Gasteiger partial charge in [-0.2, -0.15) is 0 Å². The third kappa shape index (κ3) is 5.14. The lowest BCUT2D eigenvalue weighted by Crippen LogP contribution is -2.43. The molecule has 3 nitrogen and oxygen atoms in total. The van der Waals surface area contributed by atoms with Gasteiger partial charge in [0, 0.05) is 11.7 Å². The molecule has 0 aliphatic heterocycles. The maximum absolute atomic E-state index is 10.3. The second kappa shape index (κ2) is 8.98. The van der Waals surface area contributed by atoms with Crippen LogP contribution < -0.4 is 4.90 Å². The average Bonchev–Trinajstić information content (AvgIpc) is 2.46. The number of aliphatic hydroxyl groups excluding tert-OH is 1. The van der Waals surface area contributed by atoms with E-state index in [0.29, 0.717) is 6.04 Å². The van der Waals surface area contributed by atoms with Gasteiger partial charge in [0.05, 0.1) is 0 Å². The molecule has 1 N–H and O–H groups in total. The van der Waals surface area contributed by atoms with E-state index in [1.165, 1.54) is 6.42 Å². The zero-order valence-electron chi connectivity index (χ0n) is 13.4. The van der Waals surface area contributed by atoms with Crippen LogP contribution in [0.4, 0.5) is 5.69 Å². The number of aliphatic hydroxyl groups is 1. The van der Waals surface area contributed by atoms with Crippen molar-refractivity contribution < 1.29 is 5.11 Å². The summed E-state index contributed by atoms with van der Waals surface area (Å²) in [7, 11) is 2.17. The molecule has 0 aliphatic rings. The predicted octanol–water partition coefficient (Wildman–Crippen LogP) is 3.34. The van der Waals surface area contributed by atoms with Crippen molar-refractivity contribution in [1.29, 1.82) is 0 Å². The zero-order valence-corrected chi connectivity index (χ0v) is 13.4. The molecule has 0 fully saturated rings. The minimum absolute atomic E-state index is 0.326. The number of nitrogens with zero attached hydrogens (tertiary/aromatic N) is 2. The summed E-state index contributed by atoms with van der Waals surface area (Å²) in [5.74, 6) is 0. The number of hydrogen-bond donors (Lipinski definition) is 1. The van der Waals surface area contributed by atoms with E-state index in [-0.39, 0.29) is 0 Å². The van der Waals surface area contributed by atoms with E-state index in [0.717, 1.165) is 31.6 Å². The highest BCUT2D eigenvalue weighted by molar-refractivity contribution is 5.47. The first-order chi connectivity index (χ1) is 9.60. The summed E-state index contributed by atoms with van der Waals surface area (Å²) in [4.78, 5) is 4.50. The minimum Gasteiger partial charge on any atom is -0.374 e. The van der Waals surface area contributed by atoms with Crippen LogP contribution in [0, 0.1) is 0 Å². The normalized spacial score (nSPS) is 14.3. The molecular formula is C17H30N2O. The first-order valence-corrected chi connectivity index (χ1v) is 7.80.